The number of anilines is 3. The number of aromatic nitrogens is 2. The molecule has 24 heavy (non-hydrogen) atoms. The number of hydrogen-bond donors (Lipinski definition) is 2. The van der Waals surface area contributed by atoms with Gasteiger partial charge >= 0.3 is 0 Å². The fourth-order valence-corrected chi connectivity index (χ4v) is 2.47. The molecule has 2 N–H and O–H groups in total. The molecule has 6 heteroatoms. The van der Waals surface area contributed by atoms with Crippen LogP contribution in [0, 0.1) is 5.82 Å². The molecule has 1 heterocycles. The van der Waals surface area contributed by atoms with Crippen molar-refractivity contribution in [3.63, 3.8) is 0 Å². The van der Waals surface area contributed by atoms with Crippen LogP contribution >= 0.6 is 15.9 Å². The van der Waals surface area contributed by atoms with Gasteiger partial charge in [0.2, 0.25) is 5.95 Å². The van der Waals surface area contributed by atoms with Gasteiger partial charge in [-0.15, -0.1) is 0 Å². The maximum atomic E-state index is 13.6. The molecule has 0 amide bonds. The van der Waals surface area contributed by atoms with Crippen LogP contribution in [0.1, 0.15) is 5.56 Å². The van der Waals surface area contributed by atoms with Gasteiger partial charge in [-0.25, -0.2) is 9.37 Å². The molecule has 0 aliphatic carbocycles. The molecular formula is C18H16BrFN4. The Morgan fingerprint density at radius 1 is 1.00 bits per heavy atom. The van der Waals surface area contributed by atoms with E-state index in [0.717, 1.165) is 10.2 Å². The second kappa shape index (κ2) is 7.88. The first-order valence-corrected chi connectivity index (χ1v) is 8.33. The van der Waals surface area contributed by atoms with Gasteiger partial charge in [-0.05, 0) is 48.4 Å². The fourth-order valence-electron chi connectivity index (χ4n) is 2.21. The monoisotopic (exact) mass is 386 g/mol. The van der Waals surface area contributed by atoms with Crippen molar-refractivity contribution in [1.82, 2.24) is 9.97 Å². The van der Waals surface area contributed by atoms with E-state index in [1.54, 1.807) is 24.4 Å². The highest BCUT2D eigenvalue weighted by Gasteiger charge is 2.02. The third-order valence-corrected chi connectivity index (χ3v) is 3.94. The second-order valence-electron chi connectivity index (χ2n) is 5.17. The average molecular weight is 387 g/mol. The first-order chi connectivity index (χ1) is 11.7. The summed E-state index contributed by atoms with van der Waals surface area (Å²) in [4.78, 5) is 8.61. The van der Waals surface area contributed by atoms with Crippen molar-refractivity contribution < 1.29 is 4.39 Å². The lowest BCUT2D eigenvalue weighted by molar-refractivity contribution is 0.610. The smallest absolute Gasteiger partial charge is 0.229 e. The minimum Gasteiger partial charge on any atom is -0.370 e. The Kier molecular flexibility index (Phi) is 5.38. The maximum absolute atomic E-state index is 13.6. The van der Waals surface area contributed by atoms with Gasteiger partial charge in [-0.2, -0.15) is 4.98 Å². The number of benzene rings is 2. The molecule has 0 saturated heterocycles. The minimum absolute atomic E-state index is 0.181. The minimum atomic E-state index is -0.181. The van der Waals surface area contributed by atoms with Crippen molar-refractivity contribution in [1.29, 1.82) is 0 Å². The molecule has 0 spiro atoms. The first kappa shape index (κ1) is 16.4. The third kappa shape index (κ3) is 4.52. The summed E-state index contributed by atoms with van der Waals surface area (Å²) >= 11 is 3.40. The van der Waals surface area contributed by atoms with E-state index in [-0.39, 0.29) is 5.82 Å². The summed E-state index contributed by atoms with van der Waals surface area (Å²) in [6, 6.07) is 16.3. The topological polar surface area (TPSA) is 49.8 Å². The van der Waals surface area contributed by atoms with E-state index in [2.05, 4.69) is 36.5 Å². The van der Waals surface area contributed by atoms with Crippen LogP contribution in [0.4, 0.5) is 21.8 Å². The van der Waals surface area contributed by atoms with E-state index in [9.17, 15) is 4.39 Å². The zero-order valence-corrected chi connectivity index (χ0v) is 14.4. The van der Waals surface area contributed by atoms with Gasteiger partial charge < -0.3 is 10.6 Å². The van der Waals surface area contributed by atoms with Gasteiger partial charge in [0.25, 0.3) is 0 Å². The number of rotatable bonds is 6. The molecule has 0 saturated carbocycles. The number of nitrogens with one attached hydrogen (secondary N) is 2. The molecule has 0 aliphatic rings. The number of hydrogen-bond acceptors (Lipinski definition) is 4. The normalized spacial score (nSPS) is 10.4. The standard InChI is InChI=1S/C18H16BrFN4/c19-14-5-7-15(8-6-14)23-18-22-12-10-17(24-18)21-11-9-13-3-1-2-4-16(13)20/h1-8,10,12H,9,11H2,(H2,21,22,23,24). The lowest BCUT2D eigenvalue weighted by Crippen LogP contribution is -2.08. The van der Waals surface area contributed by atoms with Crippen LogP contribution in [0.3, 0.4) is 0 Å². The predicted octanol–water partition coefficient (Wildman–Crippen LogP) is 4.78. The van der Waals surface area contributed by atoms with Gasteiger partial charge in [0.15, 0.2) is 0 Å². The summed E-state index contributed by atoms with van der Waals surface area (Å²) in [5.74, 6) is 1.02. The Bertz CT molecular complexity index is 808. The van der Waals surface area contributed by atoms with Crippen molar-refractivity contribution in [3.05, 3.63) is 76.6 Å². The molecule has 0 radical (unpaired) electrons. The zero-order valence-electron chi connectivity index (χ0n) is 12.8. The SMILES string of the molecule is Fc1ccccc1CCNc1ccnc(Nc2ccc(Br)cc2)n1. The molecule has 4 nitrogen and oxygen atoms in total. The molecule has 1 aromatic heterocycles. The van der Waals surface area contributed by atoms with Crippen LogP contribution in [-0.4, -0.2) is 16.5 Å². The largest absolute Gasteiger partial charge is 0.370 e. The van der Waals surface area contributed by atoms with Gasteiger partial charge in [-0.3, -0.25) is 0 Å². The lowest BCUT2D eigenvalue weighted by Gasteiger charge is -2.09. The average Bonchev–Trinajstić information content (AvgIpc) is 2.59. The van der Waals surface area contributed by atoms with E-state index in [0.29, 0.717) is 30.3 Å². The van der Waals surface area contributed by atoms with Crippen LogP contribution < -0.4 is 10.6 Å². The van der Waals surface area contributed by atoms with Crippen LogP contribution in [-0.2, 0) is 6.42 Å². The van der Waals surface area contributed by atoms with Crippen LogP contribution in [0.5, 0.6) is 0 Å². The van der Waals surface area contributed by atoms with Crippen molar-refractivity contribution in [2.45, 2.75) is 6.42 Å². The molecule has 0 fully saturated rings. The highest BCUT2D eigenvalue weighted by atomic mass is 79.9. The summed E-state index contributed by atoms with van der Waals surface area (Å²) in [7, 11) is 0. The summed E-state index contributed by atoms with van der Waals surface area (Å²) in [6.07, 6.45) is 2.27. The van der Waals surface area contributed by atoms with Gasteiger partial charge in [-0.1, -0.05) is 34.1 Å². The second-order valence-corrected chi connectivity index (χ2v) is 6.08. The molecular weight excluding hydrogens is 371 g/mol. The fraction of sp³-hybridized carbons (Fsp3) is 0.111. The predicted molar refractivity (Wildman–Crippen MR) is 98.1 cm³/mol. The summed E-state index contributed by atoms with van der Waals surface area (Å²) in [6.45, 7) is 0.593. The van der Waals surface area contributed by atoms with Gasteiger partial charge in [0, 0.05) is 22.9 Å². The van der Waals surface area contributed by atoms with E-state index in [4.69, 9.17) is 0 Å². The van der Waals surface area contributed by atoms with E-state index in [1.807, 2.05) is 30.3 Å². The third-order valence-electron chi connectivity index (χ3n) is 3.41. The van der Waals surface area contributed by atoms with Crippen molar-refractivity contribution in [2.75, 3.05) is 17.2 Å². The molecule has 3 aromatic rings. The number of halogens is 2. The van der Waals surface area contributed by atoms with Gasteiger partial charge in [0.1, 0.15) is 11.6 Å². The van der Waals surface area contributed by atoms with E-state index >= 15 is 0 Å². The Balaban J connectivity index is 1.59. The quantitative estimate of drug-likeness (QED) is 0.640. The molecule has 2 aromatic carbocycles. The Morgan fingerprint density at radius 3 is 2.58 bits per heavy atom. The van der Waals surface area contributed by atoms with Gasteiger partial charge in [0.05, 0.1) is 0 Å². The molecule has 0 atom stereocenters. The Morgan fingerprint density at radius 2 is 1.79 bits per heavy atom. The van der Waals surface area contributed by atoms with Crippen molar-refractivity contribution >= 4 is 33.4 Å². The van der Waals surface area contributed by atoms with Crippen LogP contribution in [0.15, 0.2) is 65.3 Å². The number of nitrogens with zero attached hydrogens (tertiary/aromatic N) is 2. The van der Waals surface area contributed by atoms with Crippen LogP contribution in [0.2, 0.25) is 0 Å². The Labute approximate surface area is 148 Å². The molecule has 3 rings (SSSR count). The summed E-state index contributed by atoms with van der Waals surface area (Å²) in [5.41, 5.74) is 1.59. The van der Waals surface area contributed by atoms with Crippen molar-refractivity contribution in [3.8, 4) is 0 Å². The molecule has 0 unspecified atom stereocenters. The molecule has 122 valence electrons. The lowest BCUT2D eigenvalue weighted by atomic mass is 10.1. The highest BCUT2D eigenvalue weighted by molar-refractivity contribution is 9.10. The maximum Gasteiger partial charge on any atom is 0.229 e. The Hall–Kier alpha value is -2.47. The summed E-state index contributed by atoms with van der Waals surface area (Å²) < 4.78 is 14.6. The highest BCUT2D eigenvalue weighted by Crippen LogP contribution is 2.17. The first-order valence-electron chi connectivity index (χ1n) is 7.53. The van der Waals surface area contributed by atoms with E-state index < -0.39 is 0 Å². The summed E-state index contributed by atoms with van der Waals surface area (Å²) in [5, 5.41) is 6.34. The molecule has 0 bridgehead atoms. The van der Waals surface area contributed by atoms with E-state index in [1.165, 1.54) is 6.07 Å². The zero-order chi connectivity index (χ0) is 16.8. The molecule has 0 aliphatic heterocycles. The van der Waals surface area contributed by atoms with Crippen molar-refractivity contribution in [2.24, 2.45) is 0 Å². The van der Waals surface area contributed by atoms with Crippen LogP contribution in [0.25, 0.3) is 0 Å².